The van der Waals surface area contributed by atoms with Crippen LogP contribution in [-0.4, -0.2) is 57.9 Å². The second kappa shape index (κ2) is 8.81. The molecule has 0 radical (unpaired) electrons. The molecule has 1 atom stereocenters. The van der Waals surface area contributed by atoms with Gasteiger partial charge in [-0.05, 0) is 37.1 Å². The van der Waals surface area contributed by atoms with Gasteiger partial charge in [-0.1, -0.05) is 18.2 Å². The van der Waals surface area contributed by atoms with Crippen LogP contribution in [0.1, 0.15) is 18.7 Å². The molecule has 1 aromatic carbocycles. The van der Waals surface area contributed by atoms with Crippen LogP contribution < -0.4 is 10.2 Å². The van der Waals surface area contributed by atoms with E-state index in [0.717, 1.165) is 29.8 Å². The molecule has 8 nitrogen and oxygen atoms in total. The van der Waals surface area contributed by atoms with E-state index in [2.05, 4.69) is 20.2 Å². The molecule has 158 valence electrons. The number of aliphatic hydroxyl groups is 1. The van der Waals surface area contributed by atoms with Gasteiger partial charge >= 0.3 is 0 Å². The summed E-state index contributed by atoms with van der Waals surface area (Å²) in [6.45, 7) is 1.92. The maximum Gasteiger partial charge on any atom is 0.240 e. The number of aromatic nitrogens is 3. The van der Waals surface area contributed by atoms with Gasteiger partial charge in [0, 0.05) is 32.9 Å². The lowest BCUT2D eigenvalue weighted by Gasteiger charge is -2.39. The predicted molar refractivity (Wildman–Crippen MR) is 114 cm³/mol. The molecule has 0 saturated carbocycles. The molecular formula is C22H27N5O3. The zero-order valence-corrected chi connectivity index (χ0v) is 17.1. The van der Waals surface area contributed by atoms with E-state index < -0.39 is 5.60 Å². The molecule has 3 aromatic rings. The van der Waals surface area contributed by atoms with Crippen LogP contribution >= 0.6 is 0 Å². The van der Waals surface area contributed by atoms with Crippen molar-refractivity contribution in [2.75, 3.05) is 31.6 Å². The average molecular weight is 409 g/mol. The van der Waals surface area contributed by atoms with Crippen LogP contribution in [0.5, 0.6) is 0 Å². The van der Waals surface area contributed by atoms with Crippen LogP contribution in [0.3, 0.4) is 0 Å². The highest BCUT2D eigenvalue weighted by molar-refractivity contribution is 5.81. The number of carbonyl (C=O) groups is 1. The fourth-order valence-corrected chi connectivity index (χ4v) is 4.00. The maximum absolute atomic E-state index is 12.7. The third kappa shape index (κ3) is 4.44. The van der Waals surface area contributed by atoms with Gasteiger partial charge < -0.3 is 24.6 Å². The molecule has 1 aliphatic heterocycles. The smallest absolute Gasteiger partial charge is 0.240 e. The molecule has 30 heavy (non-hydrogen) atoms. The Hall–Kier alpha value is -2.97. The minimum absolute atomic E-state index is 0.124. The Labute approximate surface area is 175 Å². The van der Waals surface area contributed by atoms with Crippen molar-refractivity contribution in [3.63, 3.8) is 0 Å². The molecule has 1 unspecified atom stereocenters. The number of pyridine rings is 1. The standard InChI is InChI=1S/C22H27N5O3/c1-30-14-20-25-17-7-2-3-8-18(17)27(20)13-21(28)24-15-22(29)10-6-12-26(16-22)19-9-4-5-11-23-19/h2-5,7-9,11,29H,6,10,12-16H2,1H3,(H,24,28). The third-order valence-corrected chi connectivity index (χ3v) is 5.45. The van der Waals surface area contributed by atoms with Crippen molar-refractivity contribution < 1.29 is 14.6 Å². The number of piperidine rings is 1. The van der Waals surface area contributed by atoms with Crippen molar-refractivity contribution >= 4 is 22.8 Å². The molecule has 8 heteroatoms. The van der Waals surface area contributed by atoms with Crippen LogP contribution in [0.25, 0.3) is 11.0 Å². The molecular weight excluding hydrogens is 382 g/mol. The summed E-state index contributed by atoms with van der Waals surface area (Å²) < 4.78 is 7.10. The number of anilines is 1. The van der Waals surface area contributed by atoms with E-state index in [9.17, 15) is 9.90 Å². The molecule has 3 heterocycles. The van der Waals surface area contributed by atoms with Crippen molar-refractivity contribution in [1.82, 2.24) is 19.9 Å². The number of methoxy groups -OCH3 is 1. The largest absolute Gasteiger partial charge is 0.386 e. The number of ether oxygens (including phenoxy) is 1. The second-order valence-electron chi connectivity index (χ2n) is 7.75. The number of amides is 1. The van der Waals surface area contributed by atoms with Gasteiger partial charge in [0.05, 0.1) is 16.6 Å². The number of nitrogens with zero attached hydrogens (tertiary/aromatic N) is 4. The van der Waals surface area contributed by atoms with Gasteiger partial charge in [0.25, 0.3) is 0 Å². The van der Waals surface area contributed by atoms with Gasteiger partial charge in [0.2, 0.25) is 5.91 Å². The Bertz CT molecular complexity index is 1010. The average Bonchev–Trinajstić information content (AvgIpc) is 3.10. The number of hydrogen-bond acceptors (Lipinski definition) is 6. The number of β-amino-alcohol motifs (C(OH)–C–C–N with tert-alkyl or cyclic N) is 1. The lowest BCUT2D eigenvalue weighted by Crippen LogP contribution is -2.54. The normalized spacial score (nSPS) is 19.2. The first-order chi connectivity index (χ1) is 14.6. The number of para-hydroxylation sites is 2. The van der Waals surface area contributed by atoms with Crippen LogP contribution in [0.4, 0.5) is 5.82 Å². The van der Waals surface area contributed by atoms with Crippen molar-refractivity contribution in [1.29, 1.82) is 0 Å². The van der Waals surface area contributed by atoms with E-state index in [1.54, 1.807) is 13.3 Å². The Morgan fingerprint density at radius 2 is 2.10 bits per heavy atom. The van der Waals surface area contributed by atoms with Gasteiger partial charge in [-0.15, -0.1) is 0 Å². The molecule has 0 bridgehead atoms. The van der Waals surface area contributed by atoms with Gasteiger partial charge in [-0.3, -0.25) is 4.79 Å². The molecule has 1 fully saturated rings. The summed E-state index contributed by atoms with van der Waals surface area (Å²) in [5, 5.41) is 14.0. The minimum atomic E-state index is -0.988. The first kappa shape index (κ1) is 20.3. The van der Waals surface area contributed by atoms with Crippen molar-refractivity contribution in [3.05, 3.63) is 54.5 Å². The SMILES string of the molecule is COCc1nc2ccccc2n1CC(=O)NCC1(O)CCCN(c2ccccn2)C1. The Morgan fingerprint density at radius 1 is 1.27 bits per heavy atom. The Morgan fingerprint density at radius 3 is 2.90 bits per heavy atom. The number of imidazole rings is 1. The van der Waals surface area contributed by atoms with Crippen LogP contribution in [0.2, 0.25) is 0 Å². The molecule has 1 amide bonds. The number of benzene rings is 1. The zero-order chi connectivity index (χ0) is 21.0. The molecule has 2 N–H and O–H groups in total. The van der Waals surface area contributed by atoms with Crippen LogP contribution in [0, 0.1) is 0 Å². The van der Waals surface area contributed by atoms with E-state index in [1.165, 1.54) is 0 Å². The topological polar surface area (TPSA) is 92.5 Å². The van der Waals surface area contributed by atoms with Crippen LogP contribution in [-0.2, 0) is 22.7 Å². The van der Waals surface area contributed by atoms with Gasteiger partial charge in [-0.2, -0.15) is 0 Å². The molecule has 2 aromatic heterocycles. The molecule has 1 saturated heterocycles. The lowest BCUT2D eigenvalue weighted by molar-refractivity contribution is -0.123. The molecule has 4 rings (SSSR count). The summed E-state index contributed by atoms with van der Waals surface area (Å²) in [5.41, 5.74) is 0.726. The number of hydrogen-bond donors (Lipinski definition) is 2. The van der Waals surface area contributed by atoms with Gasteiger partial charge in [0.15, 0.2) is 0 Å². The number of rotatable bonds is 7. The van der Waals surface area contributed by atoms with Crippen molar-refractivity contribution in [3.8, 4) is 0 Å². The first-order valence-electron chi connectivity index (χ1n) is 10.2. The summed E-state index contributed by atoms with van der Waals surface area (Å²) in [7, 11) is 1.61. The van der Waals surface area contributed by atoms with Gasteiger partial charge in [-0.25, -0.2) is 9.97 Å². The Kier molecular flexibility index (Phi) is 5.96. The lowest BCUT2D eigenvalue weighted by atomic mass is 9.92. The van der Waals surface area contributed by atoms with E-state index in [1.807, 2.05) is 47.0 Å². The Balaban J connectivity index is 1.41. The number of nitrogens with one attached hydrogen (secondary N) is 1. The zero-order valence-electron chi connectivity index (χ0n) is 17.1. The predicted octanol–water partition coefficient (Wildman–Crippen LogP) is 1.73. The molecule has 0 aliphatic carbocycles. The van der Waals surface area contributed by atoms with Gasteiger partial charge in [0.1, 0.15) is 24.8 Å². The fourth-order valence-electron chi connectivity index (χ4n) is 4.00. The molecule has 0 spiro atoms. The maximum atomic E-state index is 12.7. The quantitative estimate of drug-likeness (QED) is 0.617. The highest BCUT2D eigenvalue weighted by atomic mass is 16.5. The van der Waals surface area contributed by atoms with E-state index in [0.29, 0.717) is 25.4 Å². The first-order valence-corrected chi connectivity index (χ1v) is 10.2. The number of carbonyl (C=O) groups excluding carboxylic acids is 1. The summed E-state index contributed by atoms with van der Waals surface area (Å²) >= 11 is 0. The summed E-state index contributed by atoms with van der Waals surface area (Å²) in [5.74, 6) is 1.38. The highest BCUT2D eigenvalue weighted by Crippen LogP contribution is 2.24. The van der Waals surface area contributed by atoms with E-state index in [-0.39, 0.29) is 19.0 Å². The minimum Gasteiger partial charge on any atom is -0.386 e. The summed E-state index contributed by atoms with van der Waals surface area (Å²) in [6.07, 6.45) is 3.23. The summed E-state index contributed by atoms with van der Waals surface area (Å²) in [6, 6.07) is 13.4. The van der Waals surface area contributed by atoms with E-state index >= 15 is 0 Å². The fraction of sp³-hybridized carbons (Fsp3) is 0.409. The third-order valence-electron chi connectivity index (χ3n) is 5.45. The number of fused-ring (bicyclic) bond motifs is 1. The van der Waals surface area contributed by atoms with Crippen LogP contribution in [0.15, 0.2) is 48.7 Å². The van der Waals surface area contributed by atoms with E-state index in [4.69, 9.17) is 4.74 Å². The second-order valence-corrected chi connectivity index (χ2v) is 7.75. The highest BCUT2D eigenvalue weighted by Gasteiger charge is 2.34. The summed E-state index contributed by atoms with van der Waals surface area (Å²) in [4.78, 5) is 23.7. The monoisotopic (exact) mass is 409 g/mol. The van der Waals surface area contributed by atoms with Crippen molar-refractivity contribution in [2.45, 2.75) is 31.6 Å². The molecule has 1 aliphatic rings. The van der Waals surface area contributed by atoms with Crippen molar-refractivity contribution in [2.24, 2.45) is 0 Å².